The van der Waals surface area contributed by atoms with Crippen molar-refractivity contribution in [2.45, 2.75) is 43.8 Å². The number of nitrogens with one attached hydrogen (secondary N) is 1. The molecule has 26 heavy (non-hydrogen) atoms. The van der Waals surface area contributed by atoms with Gasteiger partial charge in [0.25, 0.3) is 0 Å². The summed E-state index contributed by atoms with van der Waals surface area (Å²) in [6, 6.07) is 4.77. The Balaban J connectivity index is 2.17. The molecule has 0 bridgehead atoms. The molecule has 0 radical (unpaired) electrons. The standard InChI is InChI=1S/C17H21N5O3S/c1-5-8-25-14-7-6-11(26(23,24)17(2,3)4)9-12(14)15-18-10-13-16(19-15)21-22-20-13/h6-7,9-10H,5,8H2,1-4H3,(H,18,19,20,21,22). The van der Waals surface area contributed by atoms with Crippen LogP contribution in [-0.2, 0) is 9.84 Å². The van der Waals surface area contributed by atoms with E-state index in [1.807, 2.05) is 6.92 Å². The Morgan fingerprint density at radius 3 is 2.65 bits per heavy atom. The van der Waals surface area contributed by atoms with Gasteiger partial charge in [0.2, 0.25) is 5.65 Å². The highest BCUT2D eigenvalue weighted by Crippen LogP contribution is 2.34. The van der Waals surface area contributed by atoms with Gasteiger partial charge in [-0.1, -0.05) is 6.92 Å². The maximum absolute atomic E-state index is 12.8. The van der Waals surface area contributed by atoms with Crippen LogP contribution in [0.4, 0.5) is 0 Å². The first-order valence-electron chi connectivity index (χ1n) is 8.29. The number of rotatable bonds is 5. The summed E-state index contributed by atoms with van der Waals surface area (Å²) in [7, 11) is -3.52. The maximum atomic E-state index is 12.8. The van der Waals surface area contributed by atoms with Crippen LogP contribution in [0.3, 0.4) is 0 Å². The molecule has 0 spiro atoms. The minimum atomic E-state index is -3.52. The van der Waals surface area contributed by atoms with E-state index in [9.17, 15) is 8.42 Å². The van der Waals surface area contributed by atoms with Crippen molar-refractivity contribution < 1.29 is 13.2 Å². The van der Waals surface area contributed by atoms with Crippen molar-refractivity contribution >= 4 is 21.0 Å². The number of fused-ring (bicyclic) bond motifs is 1. The van der Waals surface area contributed by atoms with Gasteiger partial charge >= 0.3 is 0 Å². The number of sulfone groups is 1. The zero-order valence-corrected chi connectivity index (χ0v) is 16.0. The number of aromatic nitrogens is 5. The lowest BCUT2D eigenvalue weighted by Gasteiger charge is -2.20. The summed E-state index contributed by atoms with van der Waals surface area (Å²) in [6.45, 7) is 7.50. The number of ether oxygens (including phenoxy) is 1. The largest absolute Gasteiger partial charge is 0.493 e. The third-order valence-electron chi connectivity index (χ3n) is 3.85. The Labute approximate surface area is 151 Å². The molecule has 0 aliphatic heterocycles. The van der Waals surface area contributed by atoms with E-state index < -0.39 is 14.6 Å². The van der Waals surface area contributed by atoms with E-state index in [0.717, 1.165) is 6.42 Å². The highest BCUT2D eigenvalue weighted by atomic mass is 32.2. The summed E-state index contributed by atoms with van der Waals surface area (Å²) in [6.07, 6.45) is 2.36. The maximum Gasteiger partial charge on any atom is 0.205 e. The van der Waals surface area contributed by atoms with Crippen molar-refractivity contribution in [1.82, 2.24) is 25.4 Å². The van der Waals surface area contributed by atoms with Gasteiger partial charge in [0.15, 0.2) is 15.7 Å². The van der Waals surface area contributed by atoms with E-state index in [2.05, 4.69) is 25.4 Å². The first kappa shape index (κ1) is 18.2. The normalized spacial score (nSPS) is 12.5. The average Bonchev–Trinajstić information content (AvgIpc) is 3.06. The van der Waals surface area contributed by atoms with Crippen LogP contribution in [0.5, 0.6) is 5.75 Å². The zero-order chi connectivity index (χ0) is 18.9. The smallest absolute Gasteiger partial charge is 0.205 e. The van der Waals surface area contributed by atoms with Crippen LogP contribution in [0.25, 0.3) is 22.6 Å². The van der Waals surface area contributed by atoms with Gasteiger partial charge in [-0.15, -0.1) is 5.10 Å². The van der Waals surface area contributed by atoms with Gasteiger partial charge in [-0.25, -0.2) is 18.4 Å². The summed E-state index contributed by atoms with van der Waals surface area (Å²) < 4.78 is 30.5. The van der Waals surface area contributed by atoms with Crippen LogP contribution in [0.1, 0.15) is 34.1 Å². The molecule has 2 heterocycles. The summed E-state index contributed by atoms with van der Waals surface area (Å²) in [5, 5.41) is 10.4. The molecule has 0 saturated heterocycles. The third kappa shape index (κ3) is 3.26. The number of hydrogen-bond donors (Lipinski definition) is 1. The molecule has 0 unspecified atom stereocenters. The van der Waals surface area contributed by atoms with E-state index >= 15 is 0 Å². The molecule has 9 heteroatoms. The third-order valence-corrected chi connectivity index (χ3v) is 6.33. The predicted molar refractivity (Wildman–Crippen MR) is 97.6 cm³/mol. The van der Waals surface area contributed by atoms with E-state index in [1.54, 1.807) is 39.0 Å². The first-order chi connectivity index (χ1) is 12.2. The molecule has 0 fully saturated rings. The Morgan fingerprint density at radius 1 is 1.19 bits per heavy atom. The summed E-state index contributed by atoms with van der Waals surface area (Å²) >= 11 is 0. The molecule has 0 saturated carbocycles. The number of hydrogen-bond acceptors (Lipinski definition) is 7. The van der Waals surface area contributed by atoms with Crippen molar-refractivity contribution in [3.05, 3.63) is 24.4 Å². The van der Waals surface area contributed by atoms with Gasteiger partial charge < -0.3 is 4.74 Å². The Kier molecular flexibility index (Phi) is 4.66. The molecule has 0 atom stereocenters. The molecule has 1 aromatic carbocycles. The van der Waals surface area contributed by atoms with E-state index in [4.69, 9.17) is 4.74 Å². The highest BCUT2D eigenvalue weighted by molar-refractivity contribution is 7.92. The fourth-order valence-electron chi connectivity index (χ4n) is 2.33. The molecule has 3 rings (SSSR count). The van der Waals surface area contributed by atoms with E-state index in [1.165, 1.54) is 6.20 Å². The highest BCUT2D eigenvalue weighted by Gasteiger charge is 2.31. The second-order valence-corrected chi connectivity index (χ2v) is 9.55. The molecule has 0 aliphatic rings. The van der Waals surface area contributed by atoms with E-state index in [0.29, 0.717) is 34.9 Å². The van der Waals surface area contributed by atoms with Gasteiger partial charge in [0, 0.05) is 0 Å². The van der Waals surface area contributed by atoms with Crippen LogP contribution >= 0.6 is 0 Å². The molecule has 3 aromatic rings. The van der Waals surface area contributed by atoms with Gasteiger partial charge in [0.1, 0.15) is 11.3 Å². The van der Waals surface area contributed by atoms with Crippen molar-refractivity contribution in [2.24, 2.45) is 0 Å². The Hall–Kier alpha value is -2.55. The first-order valence-corrected chi connectivity index (χ1v) is 9.77. The molecule has 2 aromatic heterocycles. The predicted octanol–water partition coefficient (Wildman–Crippen LogP) is 2.78. The van der Waals surface area contributed by atoms with Crippen LogP contribution in [0.15, 0.2) is 29.3 Å². The molecule has 8 nitrogen and oxygen atoms in total. The van der Waals surface area contributed by atoms with Gasteiger partial charge in [0.05, 0.1) is 28.0 Å². The molecular formula is C17H21N5O3S. The Bertz CT molecular complexity index is 1040. The van der Waals surface area contributed by atoms with Gasteiger partial charge in [-0.2, -0.15) is 10.3 Å². The lowest BCUT2D eigenvalue weighted by molar-refractivity contribution is 0.318. The van der Waals surface area contributed by atoms with Crippen molar-refractivity contribution in [3.8, 4) is 17.1 Å². The average molecular weight is 375 g/mol. The number of H-pyrrole nitrogens is 1. The molecule has 0 aliphatic carbocycles. The fourth-order valence-corrected chi connectivity index (χ4v) is 3.55. The molecule has 138 valence electrons. The number of benzene rings is 1. The Morgan fingerprint density at radius 2 is 1.96 bits per heavy atom. The van der Waals surface area contributed by atoms with Crippen LogP contribution in [-0.4, -0.2) is 45.2 Å². The lowest BCUT2D eigenvalue weighted by atomic mass is 10.2. The van der Waals surface area contributed by atoms with E-state index in [-0.39, 0.29) is 4.90 Å². The summed E-state index contributed by atoms with van der Waals surface area (Å²) in [4.78, 5) is 8.87. The topological polar surface area (TPSA) is 111 Å². The van der Waals surface area contributed by atoms with Gasteiger partial charge in [-0.3, -0.25) is 0 Å². The number of nitrogens with zero attached hydrogens (tertiary/aromatic N) is 4. The van der Waals surface area contributed by atoms with Crippen molar-refractivity contribution in [3.63, 3.8) is 0 Å². The zero-order valence-electron chi connectivity index (χ0n) is 15.1. The summed E-state index contributed by atoms with van der Waals surface area (Å²) in [5.74, 6) is 0.867. The second kappa shape index (κ2) is 6.64. The minimum absolute atomic E-state index is 0.202. The fraction of sp³-hybridized carbons (Fsp3) is 0.412. The van der Waals surface area contributed by atoms with Crippen LogP contribution in [0.2, 0.25) is 0 Å². The lowest BCUT2D eigenvalue weighted by Crippen LogP contribution is -2.27. The van der Waals surface area contributed by atoms with Crippen molar-refractivity contribution in [2.75, 3.05) is 6.61 Å². The quantitative estimate of drug-likeness (QED) is 0.730. The SMILES string of the molecule is CCCOc1ccc(S(=O)(=O)C(C)(C)C)cc1-c1ncc2n[nH]nc2n1. The molecular weight excluding hydrogens is 354 g/mol. The van der Waals surface area contributed by atoms with Crippen molar-refractivity contribution in [1.29, 1.82) is 0 Å². The molecule has 0 amide bonds. The number of aromatic amines is 1. The van der Waals surface area contributed by atoms with Crippen LogP contribution < -0.4 is 4.74 Å². The second-order valence-electron chi connectivity index (χ2n) is 6.85. The monoisotopic (exact) mass is 375 g/mol. The molecule has 1 N–H and O–H groups in total. The minimum Gasteiger partial charge on any atom is -0.493 e. The van der Waals surface area contributed by atoms with Crippen LogP contribution in [0, 0.1) is 0 Å². The summed E-state index contributed by atoms with van der Waals surface area (Å²) in [5.41, 5.74) is 1.44. The van der Waals surface area contributed by atoms with Gasteiger partial charge in [-0.05, 0) is 45.4 Å².